The Morgan fingerprint density at radius 1 is 1.11 bits per heavy atom. The van der Waals surface area contributed by atoms with Gasteiger partial charge in [-0.1, -0.05) is 30.3 Å². The third-order valence-corrected chi connectivity index (χ3v) is 3.44. The zero-order chi connectivity index (χ0) is 13.8. The Labute approximate surface area is 114 Å². The second kappa shape index (κ2) is 5.69. The molecule has 0 heterocycles. The maximum Gasteiger partial charge on any atom is 0.0991 e. The van der Waals surface area contributed by atoms with Crippen molar-refractivity contribution < 1.29 is 5.11 Å². The third kappa shape index (κ3) is 3.01. The van der Waals surface area contributed by atoms with Crippen LogP contribution in [0.4, 0.5) is 0 Å². The van der Waals surface area contributed by atoms with Crippen molar-refractivity contribution in [2.75, 3.05) is 0 Å². The Morgan fingerprint density at radius 3 is 2.37 bits per heavy atom. The van der Waals surface area contributed by atoms with Gasteiger partial charge in [0.1, 0.15) is 0 Å². The van der Waals surface area contributed by atoms with E-state index in [4.69, 9.17) is 5.26 Å². The van der Waals surface area contributed by atoms with Crippen molar-refractivity contribution in [3.63, 3.8) is 0 Å². The molecule has 1 atom stereocenters. The summed E-state index contributed by atoms with van der Waals surface area (Å²) in [6.45, 7) is 4.11. The minimum Gasteiger partial charge on any atom is -0.388 e. The number of rotatable bonds is 3. The molecule has 2 nitrogen and oxygen atoms in total. The number of aliphatic hydroxyl groups excluding tert-OH is 1. The maximum atomic E-state index is 10.3. The lowest BCUT2D eigenvalue weighted by Gasteiger charge is -2.15. The van der Waals surface area contributed by atoms with E-state index in [-0.39, 0.29) is 0 Å². The summed E-state index contributed by atoms with van der Waals surface area (Å²) in [5.41, 5.74) is 4.93. The summed E-state index contributed by atoms with van der Waals surface area (Å²) >= 11 is 0. The van der Waals surface area contributed by atoms with Crippen LogP contribution in [0.3, 0.4) is 0 Å². The second-order valence-electron chi connectivity index (χ2n) is 4.83. The first-order chi connectivity index (χ1) is 9.11. The van der Waals surface area contributed by atoms with Crippen LogP contribution in [0, 0.1) is 25.2 Å². The third-order valence-electron chi connectivity index (χ3n) is 3.44. The normalized spacial score (nSPS) is 11.9. The smallest absolute Gasteiger partial charge is 0.0991 e. The van der Waals surface area contributed by atoms with Crippen LogP contribution in [0.2, 0.25) is 0 Å². The lowest BCUT2D eigenvalue weighted by molar-refractivity contribution is 0.178. The summed E-state index contributed by atoms with van der Waals surface area (Å²) in [7, 11) is 0. The van der Waals surface area contributed by atoms with Crippen LogP contribution in [0.25, 0.3) is 0 Å². The van der Waals surface area contributed by atoms with Gasteiger partial charge >= 0.3 is 0 Å². The molecule has 0 aliphatic heterocycles. The minimum atomic E-state index is -0.576. The van der Waals surface area contributed by atoms with Gasteiger partial charge in [-0.3, -0.25) is 0 Å². The average molecular weight is 251 g/mol. The van der Waals surface area contributed by atoms with Crippen LogP contribution in [-0.4, -0.2) is 5.11 Å². The van der Waals surface area contributed by atoms with E-state index >= 15 is 0 Å². The highest BCUT2D eigenvalue weighted by Gasteiger charge is 2.12. The van der Waals surface area contributed by atoms with Crippen molar-refractivity contribution in [1.29, 1.82) is 5.26 Å². The molecular weight excluding hydrogens is 234 g/mol. The van der Waals surface area contributed by atoms with Gasteiger partial charge in [-0.2, -0.15) is 5.26 Å². The molecule has 0 fully saturated rings. The van der Waals surface area contributed by atoms with E-state index in [1.165, 1.54) is 16.7 Å². The molecule has 1 unspecified atom stereocenters. The highest BCUT2D eigenvalue weighted by molar-refractivity contribution is 5.37. The highest BCUT2D eigenvalue weighted by atomic mass is 16.3. The van der Waals surface area contributed by atoms with Gasteiger partial charge in [0, 0.05) is 6.42 Å². The molecule has 0 aliphatic carbocycles. The Bertz CT molecular complexity index is 605. The average Bonchev–Trinajstić information content (AvgIpc) is 2.43. The molecule has 2 heteroatoms. The van der Waals surface area contributed by atoms with E-state index in [0.29, 0.717) is 12.0 Å². The van der Waals surface area contributed by atoms with Crippen molar-refractivity contribution >= 4 is 0 Å². The van der Waals surface area contributed by atoms with Gasteiger partial charge in [-0.25, -0.2) is 0 Å². The topological polar surface area (TPSA) is 44.0 Å². The molecule has 0 spiro atoms. The molecule has 2 aromatic rings. The summed E-state index contributed by atoms with van der Waals surface area (Å²) in [6.07, 6.45) is 0.000941. The standard InChI is InChI=1S/C17H17NO/c1-12-5-3-6-13(2)16(12)10-17(19)15-8-4-7-14(9-15)11-18/h3-9,17,19H,10H2,1-2H3. The van der Waals surface area contributed by atoms with Crippen LogP contribution in [0.15, 0.2) is 42.5 Å². The van der Waals surface area contributed by atoms with Crippen molar-refractivity contribution in [2.24, 2.45) is 0 Å². The number of aliphatic hydroxyl groups is 1. The Balaban J connectivity index is 2.26. The summed E-state index contributed by atoms with van der Waals surface area (Å²) in [5.74, 6) is 0. The molecule has 0 aromatic heterocycles. The van der Waals surface area contributed by atoms with E-state index in [1.54, 1.807) is 12.1 Å². The fourth-order valence-corrected chi connectivity index (χ4v) is 2.30. The van der Waals surface area contributed by atoms with Crippen molar-refractivity contribution in [1.82, 2.24) is 0 Å². The molecule has 0 bridgehead atoms. The van der Waals surface area contributed by atoms with Crippen molar-refractivity contribution in [2.45, 2.75) is 26.4 Å². The van der Waals surface area contributed by atoms with Crippen LogP contribution in [-0.2, 0) is 6.42 Å². The molecule has 0 amide bonds. The zero-order valence-corrected chi connectivity index (χ0v) is 11.2. The molecule has 0 saturated carbocycles. The minimum absolute atomic E-state index is 0.576. The van der Waals surface area contributed by atoms with Gasteiger partial charge in [-0.05, 0) is 48.2 Å². The number of hydrogen-bond donors (Lipinski definition) is 1. The molecule has 19 heavy (non-hydrogen) atoms. The maximum absolute atomic E-state index is 10.3. The monoisotopic (exact) mass is 251 g/mol. The largest absolute Gasteiger partial charge is 0.388 e. The van der Waals surface area contributed by atoms with Crippen LogP contribution in [0.5, 0.6) is 0 Å². The van der Waals surface area contributed by atoms with E-state index < -0.39 is 6.10 Å². The van der Waals surface area contributed by atoms with Crippen LogP contribution in [0.1, 0.15) is 33.9 Å². The summed E-state index contributed by atoms with van der Waals surface area (Å²) in [6, 6.07) is 15.4. The fraction of sp³-hybridized carbons (Fsp3) is 0.235. The molecule has 0 aliphatic rings. The molecule has 2 aromatic carbocycles. The Morgan fingerprint density at radius 2 is 1.74 bits per heavy atom. The van der Waals surface area contributed by atoms with Gasteiger partial charge in [0.05, 0.1) is 17.7 Å². The van der Waals surface area contributed by atoms with E-state index in [0.717, 1.165) is 5.56 Å². The molecule has 96 valence electrons. The Kier molecular flexibility index (Phi) is 3.99. The number of nitrogens with zero attached hydrogens (tertiary/aromatic N) is 1. The SMILES string of the molecule is Cc1cccc(C)c1CC(O)c1cccc(C#N)c1. The lowest BCUT2D eigenvalue weighted by atomic mass is 9.94. The van der Waals surface area contributed by atoms with E-state index in [2.05, 4.69) is 32.0 Å². The predicted octanol–water partition coefficient (Wildman–Crippen LogP) is 3.45. The molecule has 1 N–H and O–H groups in total. The number of nitriles is 1. The predicted molar refractivity (Wildman–Crippen MR) is 75.7 cm³/mol. The fourth-order valence-electron chi connectivity index (χ4n) is 2.30. The van der Waals surface area contributed by atoms with Crippen molar-refractivity contribution in [3.8, 4) is 6.07 Å². The highest BCUT2D eigenvalue weighted by Crippen LogP contribution is 2.23. The summed E-state index contributed by atoms with van der Waals surface area (Å²) in [5, 5.41) is 19.2. The molecular formula is C17H17NO. The summed E-state index contributed by atoms with van der Waals surface area (Å²) in [4.78, 5) is 0. The number of aryl methyl sites for hydroxylation is 2. The Hall–Kier alpha value is -2.11. The quantitative estimate of drug-likeness (QED) is 0.908. The first kappa shape index (κ1) is 13.3. The zero-order valence-electron chi connectivity index (χ0n) is 11.2. The number of benzene rings is 2. The van der Waals surface area contributed by atoms with Gasteiger partial charge in [0.2, 0.25) is 0 Å². The first-order valence-corrected chi connectivity index (χ1v) is 6.35. The van der Waals surface area contributed by atoms with Gasteiger partial charge < -0.3 is 5.11 Å². The molecule has 0 radical (unpaired) electrons. The summed E-state index contributed by atoms with van der Waals surface area (Å²) < 4.78 is 0. The lowest BCUT2D eigenvalue weighted by Crippen LogP contribution is -2.05. The van der Waals surface area contributed by atoms with Crippen molar-refractivity contribution in [3.05, 3.63) is 70.3 Å². The first-order valence-electron chi connectivity index (χ1n) is 6.35. The van der Waals surface area contributed by atoms with Gasteiger partial charge in [-0.15, -0.1) is 0 Å². The van der Waals surface area contributed by atoms with Gasteiger partial charge in [0.25, 0.3) is 0 Å². The number of hydrogen-bond acceptors (Lipinski definition) is 2. The second-order valence-corrected chi connectivity index (χ2v) is 4.83. The van der Waals surface area contributed by atoms with E-state index in [1.807, 2.05) is 18.2 Å². The van der Waals surface area contributed by atoms with Crippen LogP contribution < -0.4 is 0 Å². The molecule has 0 saturated heterocycles. The molecule has 2 rings (SSSR count). The van der Waals surface area contributed by atoms with Gasteiger partial charge in [0.15, 0.2) is 0 Å². The van der Waals surface area contributed by atoms with Crippen LogP contribution >= 0.6 is 0 Å². The van der Waals surface area contributed by atoms with E-state index in [9.17, 15) is 5.11 Å².